The normalized spacial score (nSPS) is 11.4. The first kappa shape index (κ1) is 19.1. The highest BCUT2D eigenvalue weighted by Gasteiger charge is 2.14. The molecule has 154 valence electrons. The lowest BCUT2D eigenvalue weighted by atomic mass is 10.0. The van der Waals surface area contributed by atoms with Crippen molar-refractivity contribution in [2.45, 2.75) is 13.0 Å². The van der Waals surface area contributed by atoms with Crippen LogP contribution in [-0.2, 0) is 17.8 Å². The van der Waals surface area contributed by atoms with Crippen LogP contribution in [0.4, 0.5) is 11.4 Å². The van der Waals surface area contributed by atoms with Gasteiger partial charge in [0.2, 0.25) is 0 Å². The van der Waals surface area contributed by atoms with Crippen molar-refractivity contribution in [3.63, 3.8) is 0 Å². The quantitative estimate of drug-likeness (QED) is 0.350. The molecule has 0 aliphatic carbocycles. The van der Waals surface area contributed by atoms with Crippen molar-refractivity contribution in [3.8, 4) is 11.1 Å². The summed E-state index contributed by atoms with van der Waals surface area (Å²) in [7, 11) is 0. The van der Waals surface area contributed by atoms with E-state index in [-0.39, 0.29) is 6.42 Å². The predicted octanol–water partition coefficient (Wildman–Crippen LogP) is 4.76. The van der Waals surface area contributed by atoms with Crippen LogP contribution in [0.5, 0.6) is 0 Å². The lowest BCUT2D eigenvalue weighted by Gasteiger charge is -2.08. The van der Waals surface area contributed by atoms with E-state index in [1.54, 1.807) is 17.4 Å². The minimum Gasteiger partial charge on any atom is -0.481 e. The zero-order valence-electron chi connectivity index (χ0n) is 16.6. The second-order valence-corrected chi connectivity index (χ2v) is 8.66. The molecule has 0 aliphatic rings. The van der Waals surface area contributed by atoms with E-state index in [2.05, 4.69) is 16.7 Å². The van der Waals surface area contributed by atoms with Gasteiger partial charge < -0.3 is 21.1 Å². The number of carbonyl (C=O) groups is 1. The number of fused-ring (bicyclic) bond motifs is 2. The Morgan fingerprint density at radius 3 is 2.52 bits per heavy atom. The van der Waals surface area contributed by atoms with Crippen LogP contribution in [0.1, 0.15) is 10.6 Å². The number of rotatable bonds is 5. The van der Waals surface area contributed by atoms with Crippen molar-refractivity contribution in [1.82, 2.24) is 9.55 Å². The first-order valence-corrected chi connectivity index (χ1v) is 10.6. The molecule has 0 amide bonds. The third kappa shape index (κ3) is 3.71. The van der Waals surface area contributed by atoms with Crippen molar-refractivity contribution in [2.24, 2.45) is 0 Å². The molecular weight excluding hydrogens is 408 g/mol. The second-order valence-electron chi connectivity index (χ2n) is 7.55. The number of nitrogen functional groups attached to an aromatic ring is 2. The number of aromatic nitrogens is 2. The maximum Gasteiger partial charge on any atom is 0.307 e. The van der Waals surface area contributed by atoms with Gasteiger partial charge in [0.05, 0.1) is 23.2 Å². The van der Waals surface area contributed by atoms with Crippen LogP contribution in [0.25, 0.3) is 32.2 Å². The SMILES string of the molecule is Nc1cc(N)cc(-c2ccc3c(CC(=O)O)cn(Cc4nc5ccccc5s4)c3c2)c1. The summed E-state index contributed by atoms with van der Waals surface area (Å²) in [6, 6.07) is 19.5. The van der Waals surface area contributed by atoms with Crippen LogP contribution in [0, 0.1) is 0 Å². The summed E-state index contributed by atoms with van der Waals surface area (Å²) in [5.41, 5.74) is 17.8. The molecule has 2 aromatic heterocycles. The number of hydrogen-bond acceptors (Lipinski definition) is 5. The van der Waals surface area contributed by atoms with Crippen LogP contribution < -0.4 is 11.5 Å². The third-order valence-corrected chi connectivity index (χ3v) is 6.28. The van der Waals surface area contributed by atoms with Gasteiger partial charge in [-0.2, -0.15) is 0 Å². The fourth-order valence-electron chi connectivity index (χ4n) is 3.96. The smallest absolute Gasteiger partial charge is 0.307 e. The van der Waals surface area contributed by atoms with Crippen molar-refractivity contribution in [2.75, 3.05) is 11.5 Å². The van der Waals surface area contributed by atoms with Gasteiger partial charge in [-0.25, -0.2) is 4.98 Å². The zero-order valence-corrected chi connectivity index (χ0v) is 17.4. The average molecular weight is 429 g/mol. The van der Waals surface area contributed by atoms with Gasteiger partial charge in [0.1, 0.15) is 5.01 Å². The fraction of sp³-hybridized carbons (Fsp3) is 0.0833. The molecule has 0 spiro atoms. The Kier molecular flexibility index (Phi) is 4.60. The third-order valence-electron chi connectivity index (χ3n) is 5.26. The molecule has 0 bridgehead atoms. The highest BCUT2D eigenvalue weighted by Crippen LogP contribution is 2.31. The van der Waals surface area contributed by atoms with Crippen molar-refractivity contribution in [3.05, 3.63) is 77.4 Å². The molecule has 0 atom stereocenters. The van der Waals surface area contributed by atoms with Crippen LogP contribution >= 0.6 is 11.3 Å². The Labute approximate surface area is 182 Å². The number of carboxylic acid groups (broad SMARTS) is 1. The monoisotopic (exact) mass is 428 g/mol. The van der Waals surface area contributed by atoms with E-state index >= 15 is 0 Å². The summed E-state index contributed by atoms with van der Waals surface area (Å²) in [5.74, 6) is -0.855. The second kappa shape index (κ2) is 7.45. The molecule has 0 unspecified atom stereocenters. The number of nitrogens with two attached hydrogens (primary N) is 2. The van der Waals surface area contributed by atoms with E-state index in [9.17, 15) is 9.90 Å². The Morgan fingerprint density at radius 2 is 1.77 bits per heavy atom. The molecular formula is C24H20N4O2S. The lowest BCUT2D eigenvalue weighted by molar-refractivity contribution is -0.136. The maximum absolute atomic E-state index is 11.4. The number of nitrogens with zero attached hydrogens (tertiary/aromatic N) is 2. The first-order valence-electron chi connectivity index (χ1n) is 9.81. The Balaban J connectivity index is 1.63. The summed E-state index contributed by atoms with van der Waals surface area (Å²) in [5, 5.41) is 11.3. The number of hydrogen-bond donors (Lipinski definition) is 3. The van der Waals surface area contributed by atoms with E-state index in [1.807, 2.05) is 48.7 Å². The Hall–Kier alpha value is -3.84. The number of aliphatic carboxylic acids is 1. The molecule has 0 fully saturated rings. The van der Waals surface area contributed by atoms with E-state index in [0.717, 1.165) is 42.8 Å². The molecule has 5 aromatic rings. The number of para-hydroxylation sites is 1. The van der Waals surface area contributed by atoms with Crippen LogP contribution in [-0.4, -0.2) is 20.6 Å². The molecule has 5 N–H and O–H groups in total. The van der Waals surface area contributed by atoms with Gasteiger partial charge >= 0.3 is 5.97 Å². The minimum absolute atomic E-state index is 0.0338. The van der Waals surface area contributed by atoms with E-state index in [0.29, 0.717) is 17.9 Å². The highest BCUT2D eigenvalue weighted by atomic mass is 32.1. The maximum atomic E-state index is 11.4. The average Bonchev–Trinajstić information content (AvgIpc) is 3.27. The van der Waals surface area contributed by atoms with Crippen LogP contribution in [0.15, 0.2) is 66.9 Å². The summed E-state index contributed by atoms with van der Waals surface area (Å²) in [6.07, 6.45) is 1.89. The van der Waals surface area contributed by atoms with Gasteiger partial charge in [-0.15, -0.1) is 11.3 Å². The molecule has 0 saturated heterocycles. The number of benzene rings is 3. The molecule has 0 aliphatic heterocycles. The van der Waals surface area contributed by atoms with Gasteiger partial charge in [0, 0.05) is 28.5 Å². The molecule has 3 aromatic carbocycles. The summed E-state index contributed by atoms with van der Waals surface area (Å²) < 4.78 is 3.21. The molecule has 6 nitrogen and oxygen atoms in total. The van der Waals surface area contributed by atoms with Gasteiger partial charge in [0.15, 0.2) is 0 Å². The van der Waals surface area contributed by atoms with Gasteiger partial charge in [-0.05, 0) is 53.1 Å². The van der Waals surface area contributed by atoms with Crippen LogP contribution in [0.3, 0.4) is 0 Å². The summed E-state index contributed by atoms with van der Waals surface area (Å²) >= 11 is 1.65. The van der Waals surface area contributed by atoms with Gasteiger partial charge in [-0.1, -0.05) is 24.3 Å². The van der Waals surface area contributed by atoms with E-state index in [1.165, 1.54) is 0 Å². The topological polar surface area (TPSA) is 107 Å². The standard InChI is InChI=1S/C24H20N4O2S/c25-17-7-15(8-18(26)11-17)14-5-6-19-16(10-24(29)30)12-28(21(19)9-14)13-23-27-20-3-1-2-4-22(20)31-23/h1-9,11-12H,10,13,25-26H2,(H,29,30). The van der Waals surface area contributed by atoms with Gasteiger partial charge in [0.25, 0.3) is 0 Å². The fourth-order valence-corrected chi connectivity index (χ4v) is 4.93. The van der Waals surface area contributed by atoms with E-state index in [4.69, 9.17) is 16.5 Å². The zero-order chi connectivity index (χ0) is 21.5. The van der Waals surface area contributed by atoms with E-state index < -0.39 is 5.97 Å². The molecule has 5 rings (SSSR count). The predicted molar refractivity (Wildman–Crippen MR) is 126 cm³/mol. The van der Waals surface area contributed by atoms with Crippen molar-refractivity contribution < 1.29 is 9.90 Å². The lowest BCUT2D eigenvalue weighted by Crippen LogP contribution is -2.00. The first-order chi connectivity index (χ1) is 15.0. The Bertz CT molecular complexity index is 1400. The van der Waals surface area contributed by atoms with Crippen molar-refractivity contribution in [1.29, 1.82) is 0 Å². The van der Waals surface area contributed by atoms with Crippen LogP contribution in [0.2, 0.25) is 0 Å². The number of anilines is 2. The Morgan fingerprint density at radius 1 is 1.00 bits per heavy atom. The highest BCUT2D eigenvalue weighted by molar-refractivity contribution is 7.18. The molecule has 31 heavy (non-hydrogen) atoms. The number of thiazole rings is 1. The number of carboxylic acids is 1. The van der Waals surface area contributed by atoms with Gasteiger partial charge in [-0.3, -0.25) is 4.79 Å². The summed E-state index contributed by atoms with van der Waals surface area (Å²) in [4.78, 5) is 16.2. The molecule has 0 radical (unpaired) electrons. The largest absolute Gasteiger partial charge is 0.481 e. The minimum atomic E-state index is -0.855. The molecule has 7 heteroatoms. The molecule has 0 saturated carbocycles. The van der Waals surface area contributed by atoms with Crippen molar-refractivity contribution >= 4 is 49.8 Å². The molecule has 2 heterocycles. The summed E-state index contributed by atoms with van der Waals surface area (Å²) in [6.45, 7) is 0.567.